The molecule has 0 aromatic carbocycles. The molecule has 2 atom stereocenters. The molecule has 1 aliphatic heterocycles. The summed E-state index contributed by atoms with van der Waals surface area (Å²) in [5, 5.41) is 0.421. The largest absolute Gasteiger partial charge is 0.369 e. The number of hydrogen-bond donors (Lipinski definition) is 1. The van der Waals surface area contributed by atoms with Crippen molar-refractivity contribution >= 4 is 27.5 Å². The molecule has 2 unspecified atom stereocenters. The van der Waals surface area contributed by atoms with Crippen molar-refractivity contribution in [1.82, 2.24) is 0 Å². The number of nitrogens with two attached hydrogens (primary N) is 1. The zero-order valence-electron chi connectivity index (χ0n) is 7.50. The molecule has 1 heterocycles. The molecular formula is C8H15NOS2. The van der Waals surface area contributed by atoms with Crippen LogP contribution in [0.3, 0.4) is 0 Å². The minimum absolute atomic E-state index is 0.140. The average molecular weight is 205 g/mol. The molecule has 0 spiro atoms. The number of primary amides is 1. The molecule has 1 fully saturated rings. The third-order valence-corrected chi connectivity index (χ3v) is 5.67. The maximum absolute atomic E-state index is 11.2. The predicted molar refractivity (Wildman–Crippen MR) is 56.0 cm³/mol. The molecule has 0 aromatic rings. The quantitative estimate of drug-likeness (QED) is 0.717. The van der Waals surface area contributed by atoms with Crippen molar-refractivity contribution < 1.29 is 4.79 Å². The van der Waals surface area contributed by atoms with Crippen LogP contribution in [0, 0.1) is 5.41 Å². The predicted octanol–water partition coefficient (Wildman–Crippen LogP) is 2.04. The Morgan fingerprint density at radius 3 is 2.92 bits per heavy atom. The van der Waals surface area contributed by atoms with Gasteiger partial charge in [-0.25, -0.2) is 0 Å². The fourth-order valence-corrected chi connectivity index (χ4v) is 5.32. The molecule has 12 heavy (non-hydrogen) atoms. The van der Waals surface area contributed by atoms with E-state index in [1.54, 1.807) is 10.8 Å². The summed E-state index contributed by atoms with van der Waals surface area (Å²) in [5.74, 6) is 0.732. The van der Waals surface area contributed by atoms with Gasteiger partial charge in [0.25, 0.3) is 0 Å². The summed E-state index contributed by atoms with van der Waals surface area (Å²) in [6.45, 7) is 4.13. The highest BCUT2D eigenvalue weighted by Gasteiger charge is 2.44. The Morgan fingerprint density at radius 1 is 1.75 bits per heavy atom. The van der Waals surface area contributed by atoms with E-state index in [0.717, 1.165) is 18.6 Å². The second-order valence-corrected chi connectivity index (χ2v) is 5.99. The topological polar surface area (TPSA) is 43.1 Å². The van der Waals surface area contributed by atoms with E-state index in [1.807, 2.05) is 17.7 Å². The summed E-state index contributed by atoms with van der Waals surface area (Å²) in [7, 11) is 3.59. The number of rotatable bonds is 3. The maximum atomic E-state index is 11.2. The Kier molecular flexibility index (Phi) is 3.35. The molecule has 0 radical (unpaired) electrons. The van der Waals surface area contributed by atoms with Crippen LogP contribution in [0.15, 0.2) is 0 Å². The van der Waals surface area contributed by atoms with Crippen molar-refractivity contribution in [3.8, 4) is 0 Å². The maximum Gasteiger partial charge on any atom is 0.225 e. The molecule has 0 saturated carbocycles. The van der Waals surface area contributed by atoms with Gasteiger partial charge < -0.3 is 5.73 Å². The molecule has 1 amide bonds. The van der Waals surface area contributed by atoms with Crippen molar-refractivity contribution in [1.29, 1.82) is 0 Å². The van der Waals surface area contributed by atoms with Gasteiger partial charge in [0.2, 0.25) is 5.91 Å². The second-order valence-electron chi connectivity index (χ2n) is 3.42. The molecule has 4 heteroatoms. The molecule has 2 nitrogen and oxygen atoms in total. The van der Waals surface area contributed by atoms with Gasteiger partial charge in [-0.2, -0.15) is 0 Å². The Bertz CT molecular complexity index is 186. The summed E-state index contributed by atoms with van der Waals surface area (Å²) in [4.78, 5) is 11.2. The molecular weight excluding hydrogens is 190 g/mol. The molecule has 2 N–H and O–H groups in total. The van der Waals surface area contributed by atoms with Crippen molar-refractivity contribution in [2.24, 2.45) is 11.1 Å². The Labute approximate surface area is 81.4 Å². The van der Waals surface area contributed by atoms with Crippen molar-refractivity contribution in [2.75, 3.05) is 5.75 Å². The van der Waals surface area contributed by atoms with E-state index in [4.69, 9.17) is 5.73 Å². The van der Waals surface area contributed by atoms with Gasteiger partial charge in [-0.3, -0.25) is 4.79 Å². The highest BCUT2D eigenvalue weighted by Crippen LogP contribution is 2.50. The standard InChI is InChI=1S/C8H15NOS2/c1-3-4-6-8(2,7(9)10)5-11-12-6/h6H,3-5H2,1-2H3,(H2,9,10). The first-order chi connectivity index (χ1) is 5.61. The van der Waals surface area contributed by atoms with Gasteiger partial charge in [-0.05, 0) is 13.3 Å². The summed E-state index contributed by atoms with van der Waals surface area (Å²) >= 11 is 0. The molecule has 70 valence electrons. The highest BCUT2D eigenvalue weighted by molar-refractivity contribution is 8.77. The van der Waals surface area contributed by atoms with Crippen LogP contribution in [-0.4, -0.2) is 16.9 Å². The Balaban J connectivity index is 2.67. The zero-order valence-corrected chi connectivity index (χ0v) is 9.13. The first kappa shape index (κ1) is 10.3. The molecule has 1 saturated heterocycles. The zero-order chi connectivity index (χ0) is 9.19. The summed E-state index contributed by atoms with van der Waals surface area (Å²) < 4.78 is 0. The molecule has 0 bridgehead atoms. The fourth-order valence-electron chi connectivity index (χ4n) is 1.30. The van der Waals surface area contributed by atoms with Gasteiger partial charge in [0.15, 0.2) is 0 Å². The number of carbonyl (C=O) groups is 1. The van der Waals surface area contributed by atoms with Crippen molar-refractivity contribution in [2.45, 2.75) is 31.9 Å². The summed E-state index contributed by atoms with van der Waals surface area (Å²) in [6.07, 6.45) is 2.22. The third kappa shape index (κ3) is 1.74. The molecule has 1 aliphatic rings. The first-order valence-corrected chi connectivity index (χ1v) is 6.57. The third-order valence-electron chi connectivity index (χ3n) is 2.37. The van der Waals surface area contributed by atoms with Crippen LogP contribution >= 0.6 is 21.6 Å². The van der Waals surface area contributed by atoms with Gasteiger partial charge in [0.05, 0.1) is 5.41 Å². The SMILES string of the molecule is CCCC1SSCC1(C)C(N)=O. The van der Waals surface area contributed by atoms with E-state index in [1.165, 1.54) is 0 Å². The van der Waals surface area contributed by atoms with E-state index < -0.39 is 0 Å². The summed E-state index contributed by atoms with van der Waals surface area (Å²) in [5.41, 5.74) is 5.11. The van der Waals surface area contributed by atoms with Crippen molar-refractivity contribution in [3.63, 3.8) is 0 Å². The van der Waals surface area contributed by atoms with Crippen LogP contribution < -0.4 is 5.73 Å². The Hall–Kier alpha value is 0.170. The van der Waals surface area contributed by atoms with Crippen LogP contribution in [-0.2, 0) is 4.79 Å². The fraction of sp³-hybridized carbons (Fsp3) is 0.875. The second kappa shape index (κ2) is 3.92. The van der Waals surface area contributed by atoms with Crippen molar-refractivity contribution in [3.05, 3.63) is 0 Å². The van der Waals surface area contributed by atoms with Crippen LogP contribution in [0.4, 0.5) is 0 Å². The minimum atomic E-state index is -0.272. The smallest absolute Gasteiger partial charge is 0.225 e. The van der Waals surface area contributed by atoms with Gasteiger partial charge in [-0.1, -0.05) is 34.9 Å². The van der Waals surface area contributed by atoms with Gasteiger partial charge in [0, 0.05) is 11.0 Å². The minimum Gasteiger partial charge on any atom is -0.369 e. The first-order valence-electron chi connectivity index (χ1n) is 4.19. The lowest BCUT2D eigenvalue weighted by Crippen LogP contribution is -2.41. The average Bonchev–Trinajstić information content (AvgIpc) is 2.35. The monoisotopic (exact) mass is 205 g/mol. The van der Waals surface area contributed by atoms with E-state index in [-0.39, 0.29) is 11.3 Å². The Morgan fingerprint density at radius 2 is 2.42 bits per heavy atom. The molecule has 0 aromatic heterocycles. The molecule has 0 aliphatic carbocycles. The highest BCUT2D eigenvalue weighted by atomic mass is 33.1. The van der Waals surface area contributed by atoms with Crippen LogP contribution in [0.1, 0.15) is 26.7 Å². The van der Waals surface area contributed by atoms with Crippen LogP contribution in [0.25, 0.3) is 0 Å². The van der Waals surface area contributed by atoms with Gasteiger partial charge in [-0.15, -0.1) is 0 Å². The van der Waals surface area contributed by atoms with E-state index in [9.17, 15) is 4.79 Å². The van der Waals surface area contributed by atoms with Gasteiger partial charge in [0.1, 0.15) is 0 Å². The summed E-state index contributed by atoms with van der Waals surface area (Å²) in [6, 6.07) is 0. The number of hydrogen-bond acceptors (Lipinski definition) is 3. The van der Waals surface area contributed by atoms with E-state index in [0.29, 0.717) is 5.25 Å². The molecule has 1 rings (SSSR count). The number of amides is 1. The lowest BCUT2D eigenvalue weighted by Gasteiger charge is -2.25. The van der Waals surface area contributed by atoms with E-state index >= 15 is 0 Å². The van der Waals surface area contributed by atoms with Gasteiger partial charge >= 0.3 is 0 Å². The lowest BCUT2D eigenvalue weighted by atomic mass is 9.85. The lowest BCUT2D eigenvalue weighted by molar-refractivity contribution is -0.125. The van der Waals surface area contributed by atoms with Crippen LogP contribution in [0.2, 0.25) is 0 Å². The van der Waals surface area contributed by atoms with Crippen LogP contribution in [0.5, 0.6) is 0 Å². The number of carbonyl (C=O) groups excluding carboxylic acids is 1. The normalized spacial score (nSPS) is 35.3. The van der Waals surface area contributed by atoms with E-state index in [2.05, 4.69) is 6.92 Å².